The van der Waals surface area contributed by atoms with E-state index in [1.54, 1.807) is 11.0 Å². The number of fused-ring (bicyclic) bond motifs is 1. The molecule has 19 heavy (non-hydrogen) atoms. The third kappa shape index (κ3) is 2.40. The number of para-hydroxylation sites is 1. The topological polar surface area (TPSA) is 55.6 Å². The lowest BCUT2D eigenvalue weighted by Crippen LogP contribution is -2.05. The molecule has 0 radical (unpaired) electrons. The lowest BCUT2D eigenvalue weighted by molar-refractivity contribution is 0.747. The zero-order valence-electron chi connectivity index (χ0n) is 11.0. The third-order valence-electron chi connectivity index (χ3n) is 2.98. The molecule has 0 amide bonds. The van der Waals surface area contributed by atoms with E-state index in [1.807, 2.05) is 32.2 Å². The summed E-state index contributed by atoms with van der Waals surface area (Å²) in [6.07, 6.45) is 1.69. The molecule has 0 saturated heterocycles. The van der Waals surface area contributed by atoms with Gasteiger partial charge in [0.25, 0.3) is 0 Å². The molecular weight excluding hydrogens is 238 g/mol. The standard InChI is InChI=1S/C14H15N5/c1-10-7-11-5-3-4-6-12(11)17-14(10)15-8-13-16-9-19(2)18-13/h3-7,9H,8H2,1-2H3,(H,15,17). The first-order valence-corrected chi connectivity index (χ1v) is 6.17. The first-order valence-electron chi connectivity index (χ1n) is 6.17. The predicted octanol–water partition coefficient (Wildman–Crippen LogP) is 2.28. The summed E-state index contributed by atoms with van der Waals surface area (Å²) in [5, 5.41) is 8.67. The van der Waals surface area contributed by atoms with E-state index >= 15 is 0 Å². The van der Waals surface area contributed by atoms with Crippen molar-refractivity contribution in [3.8, 4) is 0 Å². The smallest absolute Gasteiger partial charge is 0.169 e. The van der Waals surface area contributed by atoms with Crippen molar-refractivity contribution < 1.29 is 0 Å². The molecule has 5 heteroatoms. The van der Waals surface area contributed by atoms with E-state index in [1.165, 1.54) is 0 Å². The van der Waals surface area contributed by atoms with Gasteiger partial charge in [-0.2, -0.15) is 5.10 Å². The highest BCUT2D eigenvalue weighted by Gasteiger charge is 2.04. The van der Waals surface area contributed by atoms with Gasteiger partial charge in [0.2, 0.25) is 0 Å². The quantitative estimate of drug-likeness (QED) is 0.778. The number of anilines is 1. The second-order valence-electron chi connectivity index (χ2n) is 4.53. The van der Waals surface area contributed by atoms with Gasteiger partial charge in [-0.15, -0.1) is 0 Å². The summed E-state index contributed by atoms with van der Waals surface area (Å²) in [7, 11) is 1.86. The van der Waals surface area contributed by atoms with Crippen LogP contribution in [0, 0.1) is 6.92 Å². The van der Waals surface area contributed by atoms with Gasteiger partial charge in [0.1, 0.15) is 12.1 Å². The average Bonchev–Trinajstić information content (AvgIpc) is 2.82. The number of pyridine rings is 1. The van der Waals surface area contributed by atoms with Crippen LogP contribution >= 0.6 is 0 Å². The molecule has 3 rings (SSSR count). The van der Waals surface area contributed by atoms with Gasteiger partial charge in [-0.25, -0.2) is 9.97 Å². The maximum atomic E-state index is 4.62. The number of rotatable bonds is 3. The lowest BCUT2D eigenvalue weighted by atomic mass is 10.1. The Morgan fingerprint density at radius 3 is 2.89 bits per heavy atom. The van der Waals surface area contributed by atoms with E-state index in [-0.39, 0.29) is 0 Å². The van der Waals surface area contributed by atoms with Crippen LogP contribution in [-0.2, 0) is 13.6 Å². The van der Waals surface area contributed by atoms with Crippen LogP contribution in [0.2, 0.25) is 0 Å². The molecule has 0 atom stereocenters. The summed E-state index contributed by atoms with van der Waals surface area (Å²) in [6.45, 7) is 2.63. The maximum absolute atomic E-state index is 4.62. The van der Waals surface area contributed by atoms with Crippen LogP contribution in [0.3, 0.4) is 0 Å². The summed E-state index contributed by atoms with van der Waals surface area (Å²) in [5.41, 5.74) is 2.11. The van der Waals surface area contributed by atoms with Crippen LogP contribution in [0.4, 0.5) is 5.82 Å². The van der Waals surface area contributed by atoms with Gasteiger partial charge in [-0.05, 0) is 24.6 Å². The zero-order valence-corrected chi connectivity index (χ0v) is 11.0. The van der Waals surface area contributed by atoms with Crippen LogP contribution < -0.4 is 5.32 Å². The van der Waals surface area contributed by atoms with Crippen LogP contribution in [0.15, 0.2) is 36.7 Å². The molecule has 0 spiro atoms. The Labute approximate surface area is 111 Å². The fraction of sp³-hybridized carbons (Fsp3) is 0.214. The van der Waals surface area contributed by atoms with E-state index in [0.29, 0.717) is 6.54 Å². The first kappa shape index (κ1) is 11.6. The first-order chi connectivity index (χ1) is 9.22. The fourth-order valence-corrected chi connectivity index (χ4v) is 2.03. The molecule has 2 heterocycles. The van der Waals surface area contributed by atoms with E-state index in [4.69, 9.17) is 0 Å². The van der Waals surface area contributed by atoms with Crippen molar-refractivity contribution in [2.24, 2.45) is 7.05 Å². The van der Waals surface area contributed by atoms with Gasteiger partial charge in [0.15, 0.2) is 5.82 Å². The Morgan fingerprint density at radius 1 is 1.26 bits per heavy atom. The lowest BCUT2D eigenvalue weighted by Gasteiger charge is -2.08. The molecule has 0 fully saturated rings. The molecule has 5 nitrogen and oxygen atoms in total. The molecule has 0 aliphatic carbocycles. The largest absolute Gasteiger partial charge is 0.362 e. The Balaban J connectivity index is 1.86. The SMILES string of the molecule is Cc1cc2ccccc2nc1NCc1ncn(C)n1. The summed E-state index contributed by atoms with van der Waals surface area (Å²) >= 11 is 0. The highest BCUT2D eigenvalue weighted by Crippen LogP contribution is 2.19. The fourth-order valence-electron chi connectivity index (χ4n) is 2.03. The summed E-state index contributed by atoms with van der Waals surface area (Å²) in [4.78, 5) is 8.81. The number of hydrogen-bond acceptors (Lipinski definition) is 4. The Hall–Kier alpha value is -2.43. The van der Waals surface area contributed by atoms with Crippen molar-refractivity contribution in [3.63, 3.8) is 0 Å². The minimum atomic E-state index is 0.576. The molecule has 0 bridgehead atoms. The highest BCUT2D eigenvalue weighted by molar-refractivity contribution is 5.81. The molecule has 0 aliphatic rings. The van der Waals surface area contributed by atoms with E-state index in [2.05, 4.69) is 32.5 Å². The van der Waals surface area contributed by atoms with Crippen LogP contribution in [0.25, 0.3) is 10.9 Å². The van der Waals surface area contributed by atoms with Gasteiger partial charge in [0.05, 0.1) is 12.1 Å². The van der Waals surface area contributed by atoms with Gasteiger partial charge in [0, 0.05) is 12.4 Å². The van der Waals surface area contributed by atoms with Crippen molar-refractivity contribution in [1.29, 1.82) is 0 Å². The number of nitrogens with zero attached hydrogens (tertiary/aromatic N) is 4. The molecule has 0 unspecified atom stereocenters. The highest BCUT2D eigenvalue weighted by atomic mass is 15.3. The van der Waals surface area contributed by atoms with Crippen LogP contribution in [-0.4, -0.2) is 19.7 Å². The average molecular weight is 253 g/mol. The zero-order chi connectivity index (χ0) is 13.2. The maximum Gasteiger partial charge on any atom is 0.169 e. The van der Waals surface area contributed by atoms with Gasteiger partial charge in [-0.3, -0.25) is 4.68 Å². The number of hydrogen-bond donors (Lipinski definition) is 1. The van der Waals surface area contributed by atoms with Gasteiger partial charge >= 0.3 is 0 Å². The number of aromatic nitrogens is 4. The number of benzene rings is 1. The molecular formula is C14H15N5. The molecule has 1 N–H and O–H groups in total. The Bertz CT molecular complexity index is 717. The van der Waals surface area contributed by atoms with Crippen LogP contribution in [0.1, 0.15) is 11.4 Å². The minimum Gasteiger partial charge on any atom is -0.362 e. The molecule has 0 saturated carbocycles. The Kier molecular flexibility index (Phi) is 2.87. The summed E-state index contributed by atoms with van der Waals surface area (Å²) < 4.78 is 1.69. The molecule has 3 aromatic rings. The molecule has 0 aliphatic heterocycles. The summed E-state index contributed by atoms with van der Waals surface area (Å²) in [5.74, 6) is 1.64. The second kappa shape index (κ2) is 4.68. The normalized spacial score (nSPS) is 10.8. The van der Waals surface area contributed by atoms with Gasteiger partial charge < -0.3 is 5.32 Å². The second-order valence-corrected chi connectivity index (χ2v) is 4.53. The number of nitrogens with one attached hydrogen (secondary N) is 1. The predicted molar refractivity (Wildman–Crippen MR) is 74.8 cm³/mol. The Morgan fingerprint density at radius 2 is 2.11 bits per heavy atom. The van der Waals surface area contributed by atoms with Crippen molar-refractivity contribution in [2.45, 2.75) is 13.5 Å². The monoisotopic (exact) mass is 253 g/mol. The van der Waals surface area contributed by atoms with Gasteiger partial charge in [-0.1, -0.05) is 18.2 Å². The van der Waals surface area contributed by atoms with Crippen molar-refractivity contribution >= 4 is 16.7 Å². The molecule has 1 aromatic carbocycles. The van der Waals surface area contributed by atoms with E-state index in [9.17, 15) is 0 Å². The van der Waals surface area contributed by atoms with E-state index in [0.717, 1.165) is 28.1 Å². The van der Waals surface area contributed by atoms with Crippen molar-refractivity contribution in [3.05, 3.63) is 48.0 Å². The minimum absolute atomic E-state index is 0.576. The molecule has 96 valence electrons. The number of aryl methyl sites for hydroxylation is 2. The van der Waals surface area contributed by atoms with Crippen molar-refractivity contribution in [1.82, 2.24) is 19.7 Å². The summed E-state index contributed by atoms with van der Waals surface area (Å²) in [6, 6.07) is 10.2. The van der Waals surface area contributed by atoms with Crippen LogP contribution in [0.5, 0.6) is 0 Å². The van der Waals surface area contributed by atoms with Crippen molar-refractivity contribution in [2.75, 3.05) is 5.32 Å². The van der Waals surface area contributed by atoms with E-state index < -0.39 is 0 Å². The third-order valence-corrected chi connectivity index (χ3v) is 2.98. The molecule has 2 aromatic heterocycles.